The molecule has 4 atom stereocenters. The van der Waals surface area contributed by atoms with Gasteiger partial charge in [-0.2, -0.15) is 0 Å². The molecule has 0 radical (unpaired) electrons. The van der Waals surface area contributed by atoms with E-state index in [9.17, 15) is 0 Å². The smallest absolute Gasteiger partial charge is 0.0755 e. The molecule has 2 rings (SSSR count). The highest BCUT2D eigenvalue weighted by molar-refractivity contribution is 4.96. The lowest BCUT2D eigenvalue weighted by atomic mass is 9.72. The van der Waals surface area contributed by atoms with Crippen molar-refractivity contribution in [3.63, 3.8) is 0 Å². The topological polar surface area (TPSA) is 21.3 Å². The van der Waals surface area contributed by atoms with Crippen molar-refractivity contribution in [2.75, 3.05) is 13.7 Å². The number of nitrogens with one attached hydrogen (secondary N) is 1. The van der Waals surface area contributed by atoms with Crippen LogP contribution in [0.1, 0.15) is 65.2 Å². The summed E-state index contributed by atoms with van der Waals surface area (Å²) < 4.78 is 5.92. The largest absolute Gasteiger partial charge is 0.380 e. The maximum absolute atomic E-state index is 5.92. The molecular formula is C17H33NO. The van der Waals surface area contributed by atoms with E-state index in [1.54, 1.807) is 0 Å². The maximum Gasteiger partial charge on any atom is 0.0755 e. The molecular weight excluding hydrogens is 234 g/mol. The highest BCUT2D eigenvalue weighted by Crippen LogP contribution is 2.42. The quantitative estimate of drug-likeness (QED) is 0.718. The van der Waals surface area contributed by atoms with E-state index < -0.39 is 0 Å². The molecule has 0 saturated heterocycles. The fourth-order valence-corrected chi connectivity index (χ4v) is 4.10. The lowest BCUT2D eigenvalue weighted by Gasteiger charge is -2.41. The van der Waals surface area contributed by atoms with Crippen LogP contribution < -0.4 is 5.32 Å². The second-order valence-electron chi connectivity index (χ2n) is 6.63. The summed E-state index contributed by atoms with van der Waals surface area (Å²) in [6.07, 6.45) is 11.5. The summed E-state index contributed by atoms with van der Waals surface area (Å²) in [5.74, 6) is 2.59. The van der Waals surface area contributed by atoms with Crippen LogP contribution in [-0.2, 0) is 4.74 Å². The zero-order chi connectivity index (χ0) is 13.7. The van der Waals surface area contributed by atoms with Gasteiger partial charge in [0, 0.05) is 13.2 Å². The summed E-state index contributed by atoms with van der Waals surface area (Å²) in [5, 5.41) is 3.85. The predicted molar refractivity (Wildman–Crippen MR) is 81.3 cm³/mol. The molecule has 0 aromatic carbocycles. The van der Waals surface area contributed by atoms with E-state index in [0.29, 0.717) is 12.1 Å². The molecule has 0 spiro atoms. The fraction of sp³-hybridized carbons (Fsp3) is 1.00. The molecule has 1 N–H and O–H groups in total. The molecule has 4 unspecified atom stereocenters. The van der Waals surface area contributed by atoms with Crippen LogP contribution in [0.25, 0.3) is 0 Å². The summed E-state index contributed by atoms with van der Waals surface area (Å²) in [5.41, 5.74) is 0. The third-order valence-corrected chi connectivity index (χ3v) is 5.30. The van der Waals surface area contributed by atoms with Crippen molar-refractivity contribution in [3.05, 3.63) is 0 Å². The second-order valence-corrected chi connectivity index (χ2v) is 6.63. The molecule has 0 aromatic rings. The molecule has 2 fully saturated rings. The third-order valence-electron chi connectivity index (χ3n) is 5.30. The summed E-state index contributed by atoms with van der Waals surface area (Å²) in [6, 6.07) is 0.600. The Kier molecular flexibility index (Phi) is 6.15. The monoisotopic (exact) mass is 267 g/mol. The fourth-order valence-electron chi connectivity index (χ4n) is 4.10. The minimum Gasteiger partial charge on any atom is -0.380 e. The SMILES string of the molecule is CCCNC(C1CCCCC1CC)C(OC)C1CC1. The standard InChI is InChI=1S/C17H33NO/c1-4-12-18-16(17(19-3)14-10-11-14)15-9-7-6-8-13(15)5-2/h13-18H,4-12H2,1-3H3. The van der Waals surface area contributed by atoms with E-state index in [2.05, 4.69) is 19.2 Å². The third kappa shape index (κ3) is 3.95. The van der Waals surface area contributed by atoms with Crippen molar-refractivity contribution >= 4 is 0 Å². The molecule has 2 aliphatic carbocycles. The van der Waals surface area contributed by atoms with Crippen molar-refractivity contribution in [3.8, 4) is 0 Å². The van der Waals surface area contributed by atoms with Crippen molar-refractivity contribution in [2.24, 2.45) is 17.8 Å². The number of hydrogen-bond donors (Lipinski definition) is 1. The average molecular weight is 267 g/mol. The van der Waals surface area contributed by atoms with E-state index in [1.165, 1.54) is 51.4 Å². The molecule has 112 valence electrons. The lowest BCUT2D eigenvalue weighted by Crippen LogP contribution is -2.50. The van der Waals surface area contributed by atoms with Crippen LogP contribution in [-0.4, -0.2) is 25.8 Å². The first kappa shape index (κ1) is 15.3. The van der Waals surface area contributed by atoms with Gasteiger partial charge >= 0.3 is 0 Å². The summed E-state index contributed by atoms with van der Waals surface area (Å²) in [6.45, 7) is 5.78. The Bertz CT molecular complexity index is 252. The molecule has 0 aromatic heterocycles. The van der Waals surface area contributed by atoms with Crippen molar-refractivity contribution in [2.45, 2.75) is 77.4 Å². The van der Waals surface area contributed by atoms with Crippen LogP contribution in [0.4, 0.5) is 0 Å². The van der Waals surface area contributed by atoms with Crippen LogP contribution >= 0.6 is 0 Å². The van der Waals surface area contributed by atoms with Gasteiger partial charge in [0.1, 0.15) is 0 Å². The van der Waals surface area contributed by atoms with E-state index in [1.807, 2.05) is 7.11 Å². The van der Waals surface area contributed by atoms with Crippen molar-refractivity contribution in [1.29, 1.82) is 0 Å². The molecule has 2 heteroatoms. The Morgan fingerprint density at radius 2 is 1.84 bits per heavy atom. The highest BCUT2D eigenvalue weighted by Gasteiger charge is 2.42. The van der Waals surface area contributed by atoms with E-state index in [-0.39, 0.29) is 0 Å². The molecule has 0 heterocycles. The molecule has 2 saturated carbocycles. The number of ether oxygens (including phenoxy) is 1. The Balaban J connectivity index is 2.05. The summed E-state index contributed by atoms with van der Waals surface area (Å²) >= 11 is 0. The number of hydrogen-bond acceptors (Lipinski definition) is 2. The van der Waals surface area contributed by atoms with Gasteiger partial charge in [-0.05, 0) is 50.0 Å². The lowest BCUT2D eigenvalue weighted by molar-refractivity contribution is 0.00951. The Morgan fingerprint density at radius 3 is 2.42 bits per heavy atom. The molecule has 0 amide bonds. The van der Waals surface area contributed by atoms with Crippen molar-refractivity contribution in [1.82, 2.24) is 5.32 Å². The molecule has 19 heavy (non-hydrogen) atoms. The van der Waals surface area contributed by atoms with Gasteiger partial charge < -0.3 is 10.1 Å². The second kappa shape index (κ2) is 7.64. The Hall–Kier alpha value is -0.0800. The van der Waals surface area contributed by atoms with Crippen LogP contribution in [0.5, 0.6) is 0 Å². The van der Waals surface area contributed by atoms with Gasteiger partial charge in [0.05, 0.1) is 6.10 Å². The van der Waals surface area contributed by atoms with Gasteiger partial charge in [-0.1, -0.05) is 39.5 Å². The maximum atomic E-state index is 5.92. The first-order valence-electron chi connectivity index (χ1n) is 8.57. The predicted octanol–water partition coefficient (Wildman–Crippen LogP) is 4.00. The number of methoxy groups -OCH3 is 1. The Morgan fingerprint density at radius 1 is 1.11 bits per heavy atom. The average Bonchev–Trinajstić information content (AvgIpc) is 3.28. The van der Waals surface area contributed by atoms with E-state index in [0.717, 1.165) is 24.3 Å². The highest BCUT2D eigenvalue weighted by atomic mass is 16.5. The normalized spacial score (nSPS) is 31.1. The van der Waals surface area contributed by atoms with Gasteiger partial charge in [-0.25, -0.2) is 0 Å². The first-order valence-corrected chi connectivity index (χ1v) is 8.57. The van der Waals surface area contributed by atoms with E-state index in [4.69, 9.17) is 4.74 Å². The van der Waals surface area contributed by atoms with Crippen molar-refractivity contribution < 1.29 is 4.74 Å². The van der Waals surface area contributed by atoms with Crippen LogP contribution in [0.15, 0.2) is 0 Å². The Labute approximate surface area is 119 Å². The van der Waals surface area contributed by atoms with Crippen LogP contribution in [0.2, 0.25) is 0 Å². The zero-order valence-corrected chi connectivity index (χ0v) is 13.2. The minimum atomic E-state index is 0.462. The van der Waals surface area contributed by atoms with Gasteiger partial charge in [0.15, 0.2) is 0 Å². The zero-order valence-electron chi connectivity index (χ0n) is 13.2. The molecule has 0 aliphatic heterocycles. The van der Waals surface area contributed by atoms with Crippen LogP contribution in [0, 0.1) is 17.8 Å². The molecule has 2 aliphatic rings. The van der Waals surface area contributed by atoms with Gasteiger partial charge in [-0.15, -0.1) is 0 Å². The molecule has 2 nitrogen and oxygen atoms in total. The van der Waals surface area contributed by atoms with E-state index >= 15 is 0 Å². The summed E-state index contributed by atoms with van der Waals surface area (Å²) in [4.78, 5) is 0. The van der Waals surface area contributed by atoms with Crippen LogP contribution in [0.3, 0.4) is 0 Å². The van der Waals surface area contributed by atoms with Gasteiger partial charge in [0.2, 0.25) is 0 Å². The summed E-state index contributed by atoms with van der Waals surface area (Å²) in [7, 11) is 1.92. The molecule has 0 bridgehead atoms. The van der Waals surface area contributed by atoms with Gasteiger partial charge in [-0.3, -0.25) is 0 Å². The number of rotatable bonds is 8. The van der Waals surface area contributed by atoms with Gasteiger partial charge in [0.25, 0.3) is 0 Å². The first-order chi connectivity index (χ1) is 9.31. The minimum absolute atomic E-state index is 0.462.